The Hall–Kier alpha value is -4.18. The molecule has 0 aromatic heterocycles. The molecule has 0 bridgehead atoms. The number of aryl methyl sites for hydroxylation is 2. The van der Waals surface area contributed by atoms with Gasteiger partial charge in [0.1, 0.15) is 5.75 Å². The second-order valence-electron chi connectivity index (χ2n) is 18.2. The molecule has 7 rings (SSSR count). The summed E-state index contributed by atoms with van der Waals surface area (Å²) in [5.74, 6) is 2.53. The highest BCUT2D eigenvalue weighted by Crippen LogP contribution is 2.59. The summed E-state index contributed by atoms with van der Waals surface area (Å²) < 4.78 is 6.27. The topological polar surface area (TPSA) is 58.9 Å². The molecule has 6 atom stereocenters. The smallest absolute Gasteiger partial charge is 0.303 e. The van der Waals surface area contributed by atoms with Gasteiger partial charge in [-0.25, -0.2) is 0 Å². The van der Waals surface area contributed by atoms with Crippen molar-refractivity contribution >= 4 is 17.4 Å². The number of fused-ring (bicyclic) bond motifs is 3. The SMILES string of the molecule is COc1cc(C2CCC2CCCC(=O)O)ccc1C(=Nc1cc(-c2ccccc2)ccc1C)C(C)C[C@]1(C)CCC[C@]2(C)c3ccc(C(C)C)cc3CC[C@@H]12. The number of carbonyl (C=O) groups is 1. The number of hydrogen-bond acceptors (Lipinski definition) is 3. The van der Waals surface area contributed by atoms with E-state index in [2.05, 4.69) is 126 Å². The lowest BCUT2D eigenvalue weighted by Gasteiger charge is -2.56. The van der Waals surface area contributed by atoms with Gasteiger partial charge in [-0.2, -0.15) is 0 Å². The molecule has 55 heavy (non-hydrogen) atoms. The molecule has 4 aromatic carbocycles. The third-order valence-corrected chi connectivity index (χ3v) is 14.3. The van der Waals surface area contributed by atoms with E-state index in [1.807, 2.05) is 0 Å². The first-order valence-corrected chi connectivity index (χ1v) is 21.2. The van der Waals surface area contributed by atoms with Crippen molar-refractivity contribution in [3.63, 3.8) is 0 Å². The first kappa shape index (κ1) is 39.1. The molecule has 4 aromatic rings. The minimum Gasteiger partial charge on any atom is -0.496 e. The molecule has 0 radical (unpaired) electrons. The van der Waals surface area contributed by atoms with E-state index in [-0.39, 0.29) is 23.2 Å². The van der Waals surface area contributed by atoms with Gasteiger partial charge in [-0.05, 0) is 162 Å². The monoisotopic (exact) mass is 737 g/mol. The van der Waals surface area contributed by atoms with Crippen molar-refractivity contribution < 1.29 is 14.6 Å². The molecule has 0 heterocycles. The van der Waals surface area contributed by atoms with Gasteiger partial charge in [-0.15, -0.1) is 0 Å². The van der Waals surface area contributed by atoms with Gasteiger partial charge < -0.3 is 9.84 Å². The Morgan fingerprint density at radius 1 is 0.909 bits per heavy atom. The molecule has 3 aliphatic carbocycles. The molecular formula is C51H63NO3. The molecule has 3 unspecified atom stereocenters. The summed E-state index contributed by atoms with van der Waals surface area (Å²) in [6.45, 7) is 14.4. The summed E-state index contributed by atoms with van der Waals surface area (Å²) in [4.78, 5) is 16.9. The van der Waals surface area contributed by atoms with Gasteiger partial charge in [-0.1, -0.05) is 108 Å². The first-order valence-electron chi connectivity index (χ1n) is 21.2. The lowest BCUT2D eigenvalue weighted by atomic mass is 9.48. The standard InChI is InChI=1S/C51H63NO3/c1-33(2)38-21-25-44-41(29-38)22-26-47-50(5,27-12-28-51(44,47)6)32-35(4)49(52-45-30-39(18-17-34(45)3)36-13-9-8-10-14-36)43-24-20-40(31-46(43)55-7)42-23-19-37(42)15-11-16-48(53)54/h8-10,13-14,17-18,20-21,24-25,29-31,33,35,37,42,47H,11-12,15-16,19,22-23,26-28,32H2,1-7H3,(H,53,54)/t35?,37?,42?,47-,50-,51+/m0/s1. The van der Waals surface area contributed by atoms with Gasteiger partial charge >= 0.3 is 5.97 Å². The summed E-state index contributed by atoms with van der Waals surface area (Å²) in [5, 5.41) is 9.22. The van der Waals surface area contributed by atoms with Crippen molar-refractivity contribution in [3.8, 4) is 16.9 Å². The number of carboxylic acid groups (broad SMARTS) is 1. The zero-order valence-electron chi connectivity index (χ0n) is 34.5. The van der Waals surface area contributed by atoms with Crippen LogP contribution in [0.25, 0.3) is 11.1 Å². The number of nitrogens with zero attached hydrogens (tertiary/aromatic N) is 1. The van der Waals surface area contributed by atoms with Gasteiger partial charge in [0.2, 0.25) is 0 Å². The number of ether oxygens (including phenoxy) is 1. The fraction of sp³-hybridized carbons (Fsp3) is 0.490. The molecule has 1 N–H and O–H groups in total. The highest BCUT2D eigenvalue weighted by Gasteiger charge is 2.52. The average Bonchev–Trinajstić information content (AvgIpc) is 3.15. The third kappa shape index (κ3) is 7.94. The van der Waals surface area contributed by atoms with E-state index in [1.165, 1.54) is 59.9 Å². The molecular weight excluding hydrogens is 675 g/mol. The predicted molar refractivity (Wildman–Crippen MR) is 228 cm³/mol. The molecule has 0 amide bonds. The van der Waals surface area contributed by atoms with Gasteiger partial charge in [-0.3, -0.25) is 9.79 Å². The van der Waals surface area contributed by atoms with Crippen LogP contribution in [-0.2, 0) is 16.6 Å². The van der Waals surface area contributed by atoms with E-state index in [1.54, 1.807) is 18.2 Å². The average molecular weight is 738 g/mol. The highest BCUT2D eigenvalue weighted by atomic mass is 16.5. The quantitative estimate of drug-likeness (QED) is 0.139. The van der Waals surface area contributed by atoms with Crippen LogP contribution in [0, 0.1) is 30.1 Å². The minimum atomic E-state index is -0.701. The molecule has 4 nitrogen and oxygen atoms in total. The maximum atomic E-state index is 11.2. The number of hydrogen-bond donors (Lipinski definition) is 1. The van der Waals surface area contributed by atoms with Crippen LogP contribution in [0.4, 0.5) is 5.69 Å². The zero-order valence-corrected chi connectivity index (χ0v) is 34.5. The summed E-state index contributed by atoms with van der Waals surface area (Å²) in [6.07, 6.45) is 11.5. The summed E-state index contributed by atoms with van der Waals surface area (Å²) in [6, 6.07) is 31.6. The van der Waals surface area contributed by atoms with Crippen LogP contribution >= 0.6 is 0 Å². The van der Waals surface area contributed by atoms with Gasteiger partial charge in [0.25, 0.3) is 0 Å². The Labute approximate surface area is 330 Å². The largest absolute Gasteiger partial charge is 0.496 e. The van der Waals surface area contributed by atoms with Gasteiger partial charge in [0.15, 0.2) is 0 Å². The Kier molecular flexibility index (Phi) is 11.5. The maximum Gasteiger partial charge on any atom is 0.303 e. The van der Waals surface area contributed by atoms with Crippen LogP contribution in [0.15, 0.2) is 89.9 Å². The van der Waals surface area contributed by atoms with E-state index in [0.29, 0.717) is 23.7 Å². The number of aliphatic carboxylic acids is 1. The number of benzene rings is 4. The van der Waals surface area contributed by atoms with Crippen molar-refractivity contribution in [1.29, 1.82) is 0 Å². The lowest BCUT2D eigenvalue weighted by molar-refractivity contribution is -0.137. The minimum absolute atomic E-state index is 0.171. The van der Waals surface area contributed by atoms with Crippen molar-refractivity contribution in [3.05, 3.63) is 118 Å². The Morgan fingerprint density at radius 2 is 1.71 bits per heavy atom. The van der Waals surface area contributed by atoms with E-state index in [0.717, 1.165) is 54.8 Å². The van der Waals surface area contributed by atoms with Gasteiger partial charge in [0.05, 0.1) is 18.5 Å². The molecule has 2 saturated carbocycles. The van der Waals surface area contributed by atoms with Crippen LogP contribution in [-0.4, -0.2) is 23.9 Å². The number of carboxylic acids is 1. The zero-order chi connectivity index (χ0) is 38.9. The van der Waals surface area contributed by atoms with Crippen molar-refractivity contribution in [1.82, 2.24) is 0 Å². The fourth-order valence-electron chi connectivity index (χ4n) is 11.2. The van der Waals surface area contributed by atoms with Crippen molar-refractivity contribution in [2.45, 2.75) is 129 Å². The number of methoxy groups -OCH3 is 1. The number of aliphatic imine (C=N–C) groups is 1. The molecule has 290 valence electrons. The van der Waals surface area contributed by atoms with Crippen molar-refractivity contribution in [2.24, 2.45) is 28.2 Å². The predicted octanol–water partition coefficient (Wildman–Crippen LogP) is 13.4. The van der Waals surface area contributed by atoms with E-state index >= 15 is 0 Å². The lowest BCUT2D eigenvalue weighted by Crippen LogP contribution is -2.50. The fourth-order valence-corrected chi connectivity index (χ4v) is 11.2. The molecule has 0 saturated heterocycles. The Balaban J connectivity index is 1.25. The first-order chi connectivity index (χ1) is 26.4. The van der Waals surface area contributed by atoms with Crippen LogP contribution < -0.4 is 4.74 Å². The maximum absolute atomic E-state index is 11.2. The molecule has 4 heteroatoms. The van der Waals surface area contributed by atoms with Crippen LogP contribution in [0.2, 0.25) is 0 Å². The van der Waals surface area contributed by atoms with Crippen LogP contribution in [0.1, 0.15) is 144 Å². The molecule has 2 fully saturated rings. The Morgan fingerprint density at radius 3 is 2.42 bits per heavy atom. The van der Waals surface area contributed by atoms with Crippen molar-refractivity contribution in [2.75, 3.05) is 7.11 Å². The third-order valence-electron chi connectivity index (χ3n) is 14.3. The number of rotatable bonds is 13. The Bertz CT molecular complexity index is 2030. The van der Waals surface area contributed by atoms with E-state index in [4.69, 9.17) is 9.73 Å². The molecule has 0 aliphatic heterocycles. The van der Waals surface area contributed by atoms with Crippen LogP contribution in [0.5, 0.6) is 5.75 Å². The van der Waals surface area contributed by atoms with Crippen LogP contribution in [0.3, 0.4) is 0 Å². The van der Waals surface area contributed by atoms with E-state index in [9.17, 15) is 9.90 Å². The molecule has 0 spiro atoms. The van der Waals surface area contributed by atoms with Gasteiger partial charge in [0, 0.05) is 12.0 Å². The normalized spacial score (nSPS) is 25.5. The highest BCUT2D eigenvalue weighted by molar-refractivity contribution is 6.06. The molecule has 3 aliphatic rings. The summed E-state index contributed by atoms with van der Waals surface area (Å²) in [7, 11) is 1.80. The second-order valence-corrected chi connectivity index (χ2v) is 18.2. The summed E-state index contributed by atoms with van der Waals surface area (Å²) >= 11 is 0. The second kappa shape index (κ2) is 16.1. The summed E-state index contributed by atoms with van der Waals surface area (Å²) in [5.41, 5.74) is 13.0. The van der Waals surface area contributed by atoms with E-state index < -0.39 is 5.97 Å².